The molecule has 0 bridgehead atoms. The second-order valence-electron chi connectivity index (χ2n) is 7.91. The molecule has 0 spiro atoms. The molecule has 1 heterocycles. The summed E-state index contributed by atoms with van der Waals surface area (Å²) in [5.74, 6) is 1.59. The van der Waals surface area contributed by atoms with E-state index in [0.29, 0.717) is 5.92 Å². The summed E-state index contributed by atoms with van der Waals surface area (Å²) in [6.07, 6.45) is 4.48. The molecule has 1 saturated heterocycles. The largest absolute Gasteiger partial charge is 0.493 e. The minimum Gasteiger partial charge on any atom is -0.493 e. The van der Waals surface area contributed by atoms with Gasteiger partial charge in [0.25, 0.3) is 0 Å². The maximum absolute atomic E-state index is 6.10. The van der Waals surface area contributed by atoms with E-state index in [0.717, 1.165) is 37.0 Å². The number of rotatable bonds is 7. The first-order chi connectivity index (χ1) is 14.7. The van der Waals surface area contributed by atoms with E-state index in [-0.39, 0.29) is 0 Å². The monoisotopic (exact) mass is 437 g/mol. The molecule has 156 valence electrons. The maximum Gasteiger partial charge on any atom is 0.119 e. The van der Waals surface area contributed by atoms with E-state index in [1.807, 2.05) is 12.1 Å². The van der Waals surface area contributed by atoms with Crippen LogP contribution in [0.3, 0.4) is 0 Å². The molecule has 0 atom stereocenters. The fourth-order valence-corrected chi connectivity index (χ4v) is 4.43. The molecule has 0 N–H and O–H groups in total. The van der Waals surface area contributed by atoms with E-state index >= 15 is 0 Å². The highest BCUT2D eigenvalue weighted by atomic mass is 35.5. The highest BCUT2D eigenvalue weighted by Gasteiger charge is 2.19. The lowest BCUT2D eigenvalue weighted by molar-refractivity contribution is 0.137. The molecule has 0 aliphatic carbocycles. The number of nitrogens with zero attached hydrogens (tertiary/aromatic N) is 1. The minimum atomic E-state index is 0.630. The van der Waals surface area contributed by atoms with Crippen LogP contribution in [0.1, 0.15) is 18.4 Å². The van der Waals surface area contributed by atoms with E-state index in [9.17, 15) is 0 Å². The number of thioether (sulfide) groups is 1. The summed E-state index contributed by atoms with van der Waals surface area (Å²) >= 11 is 7.75. The van der Waals surface area contributed by atoms with Crippen LogP contribution in [0.5, 0.6) is 5.75 Å². The summed E-state index contributed by atoms with van der Waals surface area (Å²) in [6.45, 7) is 4.06. The van der Waals surface area contributed by atoms with Crippen molar-refractivity contribution in [3.63, 3.8) is 0 Å². The Morgan fingerprint density at radius 3 is 2.07 bits per heavy atom. The Kier molecular flexibility index (Phi) is 7.37. The average molecular weight is 438 g/mol. The quantitative estimate of drug-likeness (QED) is 0.368. The molecule has 1 fully saturated rings. The molecule has 1 aliphatic heterocycles. The molecule has 0 radical (unpaired) electrons. The zero-order valence-corrected chi connectivity index (χ0v) is 19.0. The highest BCUT2D eigenvalue weighted by molar-refractivity contribution is 7.98. The zero-order valence-electron chi connectivity index (χ0n) is 17.4. The van der Waals surface area contributed by atoms with Gasteiger partial charge in [-0.3, -0.25) is 4.90 Å². The van der Waals surface area contributed by atoms with Crippen molar-refractivity contribution in [3.8, 4) is 16.9 Å². The number of hydrogen-bond donors (Lipinski definition) is 0. The van der Waals surface area contributed by atoms with Crippen molar-refractivity contribution >= 4 is 23.4 Å². The normalized spacial score (nSPS) is 15.3. The van der Waals surface area contributed by atoms with Crippen LogP contribution in [0.15, 0.2) is 77.7 Å². The lowest BCUT2D eigenvalue weighted by atomic mass is 9.97. The molecule has 0 amide bonds. The van der Waals surface area contributed by atoms with Crippen LogP contribution < -0.4 is 4.74 Å². The van der Waals surface area contributed by atoms with E-state index < -0.39 is 0 Å². The van der Waals surface area contributed by atoms with Crippen molar-refractivity contribution in [2.24, 2.45) is 5.92 Å². The molecule has 0 saturated carbocycles. The van der Waals surface area contributed by atoms with Gasteiger partial charge in [0.2, 0.25) is 0 Å². The van der Waals surface area contributed by atoms with Crippen molar-refractivity contribution in [2.75, 3.05) is 26.0 Å². The third-order valence-corrected chi connectivity index (χ3v) is 6.79. The molecular weight excluding hydrogens is 410 g/mol. The first-order valence-corrected chi connectivity index (χ1v) is 12.1. The van der Waals surface area contributed by atoms with Crippen molar-refractivity contribution in [1.29, 1.82) is 0 Å². The molecule has 3 aromatic carbocycles. The molecule has 1 aliphatic rings. The summed E-state index contributed by atoms with van der Waals surface area (Å²) in [6, 6.07) is 25.4. The number of ether oxygens (including phenoxy) is 1. The van der Waals surface area contributed by atoms with Gasteiger partial charge in [0.1, 0.15) is 5.75 Å². The predicted octanol–water partition coefficient (Wildman–Crippen LogP) is 7.02. The predicted molar refractivity (Wildman–Crippen MR) is 129 cm³/mol. The van der Waals surface area contributed by atoms with Crippen molar-refractivity contribution in [2.45, 2.75) is 24.3 Å². The van der Waals surface area contributed by atoms with Crippen LogP contribution in [-0.2, 0) is 6.54 Å². The molecule has 4 heteroatoms. The van der Waals surface area contributed by atoms with E-state index in [1.54, 1.807) is 11.8 Å². The summed E-state index contributed by atoms with van der Waals surface area (Å²) < 4.78 is 6.10. The summed E-state index contributed by atoms with van der Waals surface area (Å²) in [4.78, 5) is 3.81. The van der Waals surface area contributed by atoms with Crippen molar-refractivity contribution in [3.05, 3.63) is 83.4 Å². The SMILES string of the molecule is CSc1ccc(-c2ccc(OCC3CCN(Cc4ccc(Cl)cc4)CC3)cc2)cc1. The van der Waals surface area contributed by atoms with Gasteiger partial charge in [-0.15, -0.1) is 11.8 Å². The lowest BCUT2D eigenvalue weighted by Gasteiger charge is -2.31. The highest BCUT2D eigenvalue weighted by Crippen LogP contribution is 2.26. The Hall–Kier alpha value is -1.94. The van der Waals surface area contributed by atoms with Gasteiger partial charge in [-0.25, -0.2) is 0 Å². The van der Waals surface area contributed by atoms with Gasteiger partial charge in [-0.2, -0.15) is 0 Å². The lowest BCUT2D eigenvalue weighted by Crippen LogP contribution is -2.35. The van der Waals surface area contributed by atoms with E-state index in [4.69, 9.17) is 16.3 Å². The van der Waals surface area contributed by atoms with Gasteiger partial charge >= 0.3 is 0 Å². The fraction of sp³-hybridized carbons (Fsp3) is 0.308. The Morgan fingerprint density at radius 1 is 0.867 bits per heavy atom. The van der Waals surface area contributed by atoms with Crippen LogP contribution in [0.25, 0.3) is 11.1 Å². The Balaban J connectivity index is 1.23. The Morgan fingerprint density at radius 2 is 1.47 bits per heavy atom. The van der Waals surface area contributed by atoms with Crippen molar-refractivity contribution in [1.82, 2.24) is 4.90 Å². The van der Waals surface area contributed by atoms with Crippen LogP contribution in [0, 0.1) is 5.92 Å². The number of benzene rings is 3. The maximum atomic E-state index is 6.10. The third kappa shape index (κ3) is 5.81. The summed E-state index contributed by atoms with van der Waals surface area (Å²) in [5, 5.41) is 0.802. The molecule has 4 rings (SSSR count). The number of piperidine rings is 1. The van der Waals surface area contributed by atoms with Gasteiger partial charge in [0, 0.05) is 16.5 Å². The zero-order chi connectivity index (χ0) is 20.8. The number of halogens is 1. The first kappa shape index (κ1) is 21.3. The van der Waals surface area contributed by atoms with Crippen molar-refractivity contribution < 1.29 is 4.74 Å². The average Bonchev–Trinajstić information content (AvgIpc) is 2.80. The number of likely N-dealkylation sites (tertiary alicyclic amines) is 1. The third-order valence-electron chi connectivity index (χ3n) is 5.79. The van der Waals surface area contributed by atoms with Gasteiger partial charge in [-0.1, -0.05) is 48.0 Å². The Labute approximate surface area is 189 Å². The van der Waals surface area contributed by atoms with Crippen LogP contribution in [0.2, 0.25) is 5.02 Å². The van der Waals surface area contributed by atoms with Gasteiger partial charge in [0.05, 0.1) is 6.61 Å². The van der Waals surface area contributed by atoms with Gasteiger partial charge in [0.15, 0.2) is 0 Å². The fourth-order valence-electron chi connectivity index (χ4n) is 3.90. The molecule has 3 aromatic rings. The summed E-state index contributed by atoms with van der Waals surface area (Å²) in [7, 11) is 0. The van der Waals surface area contributed by atoms with Gasteiger partial charge in [-0.05, 0) is 91.2 Å². The van der Waals surface area contributed by atoms with E-state index in [1.165, 1.54) is 34.4 Å². The standard InChI is InChI=1S/C26H28ClNOS/c1-30-26-12-6-23(7-13-26)22-4-10-25(11-5-22)29-19-21-14-16-28(17-15-21)18-20-2-8-24(27)9-3-20/h2-13,21H,14-19H2,1H3. The molecule has 30 heavy (non-hydrogen) atoms. The minimum absolute atomic E-state index is 0.630. The van der Waals surface area contributed by atoms with Crippen LogP contribution in [-0.4, -0.2) is 30.9 Å². The molecule has 0 unspecified atom stereocenters. The molecule has 0 aromatic heterocycles. The number of hydrogen-bond acceptors (Lipinski definition) is 3. The van der Waals surface area contributed by atoms with E-state index in [2.05, 4.69) is 71.8 Å². The topological polar surface area (TPSA) is 12.5 Å². The van der Waals surface area contributed by atoms with Gasteiger partial charge < -0.3 is 4.74 Å². The Bertz CT molecular complexity index is 917. The summed E-state index contributed by atoms with van der Waals surface area (Å²) in [5.41, 5.74) is 3.80. The second-order valence-corrected chi connectivity index (χ2v) is 9.23. The second kappa shape index (κ2) is 10.4. The molecule has 2 nitrogen and oxygen atoms in total. The molecular formula is C26H28ClNOS. The van der Waals surface area contributed by atoms with Crippen LogP contribution >= 0.6 is 23.4 Å². The van der Waals surface area contributed by atoms with Crippen LogP contribution in [0.4, 0.5) is 0 Å². The smallest absolute Gasteiger partial charge is 0.119 e. The first-order valence-electron chi connectivity index (χ1n) is 10.5.